The number of aromatic carboxylic acids is 1. The number of hydrogen-bond acceptors (Lipinski definition) is 5. The molecule has 0 unspecified atom stereocenters. The minimum atomic E-state index is -1.04. The average Bonchev–Trinajstić information content (AvgIpc) is 2.28. The van der Waals surface area contributed by atoms with Crippen LogP contribution in [0, 0.1) is 6.92 Å². The summed E-state index contributed by atoms with van der Waals surface area (Å²) in [6.45, 7) is 3.23. The highest BCUT2D eigenvalue weighted by molar-refractivity contribution is 5.85. The van der Waals surface area contributed by atoms with E-state index < -0.39 is 5.97 Å². The van der Waals surface area contributed by atoms with Gasteiger partial charge in [0.05, 0.1) is 19.8 Å². The van der Waals surface area contributed by atoms with E-state index in [1.54, 1.807) is 14.0 Å². The lowest BCUT2D eigenvalue weighted by Gasteiger charge is -2.04. The van der Waals surface area contributed by atoms with Gasteiger partial charge in [0.25, 0.3) is 0 Å². The minimum Gasteiger partial charge on any atom is -0.477 e. The Bertz CT molecular complexity index is 382. The zero-order valence-electron chi connectivity index (χ0n) is 9.97. The van der Waals surface area contributed by atoms with Gasteiger partial charge in [0.15, 0.2) is 5.69 Å². The quantitative estimate of drug-likeness (QED) is 0.706. The van der Waals surface area contributed by atoms with Crippen LogP contribution in [0.1, 0.15) is 22.0 Å². The lowest BCUT2D eigenvalue weighted by Crippen LogP contribution is -2.10. The summed E-state index contributed by atoms with van der Waals surface area (Å²) in [5, 5.41) is 8.84. The Hall–Kier alpha value is -1.53. The van der Waals surface area contributed by atoms with Crippen LogP contribution in [0.3, 0.4) is 0 Å². The number of aromatic nitrogens is 2. The highest BCUT2D eigenvalue weighted by Crippen LogP contribution is 2.01. The number of methoxy groups -OCH3 is 1. The van der Waals surface area contributed by atoms with E-state index in [0.717, 1.165) is 0 Å². The third-order valence-electron chi connectivity index (χ3n) is 2.02. The average molecular weight is 240 g/mol. The van der Waals surface area contributed by atoms with Gasteiger partial charge >= 0.3 is 5.97 Å². The molecule has 6 nitrogen and oxygen atoms in total. The van der Waals surface area contributed by atoms with E-state index >= 15 is 0 Å². The first-order valence-electron chi connectivity index (χ1n) is 5.28. The van der Waals surface area contributed by atoms with Crippen molar-refractivity contribution >= 4 is 5.97 Å². The van der Waals surface area contributed by atoms with Crippen LogP contribution in [-0.4, -0.2) is 48.0 Å². The van der Waals surface area contributed by atoms with Gasteiger partial charge in [-0.25, -0.2) is 14.8 Å². The van der Waals surface area contributed by atoms with Gasteiger partial charge in [-0.1, -0.05) is 0 Å². The maximum atomic E-state index is 10.8. The van der Waals surface area contributed by atoms with Gasteiger partial charge in [-0.2, -0.15) is 0 Å². The normalized spacial score (nSPS) is 10.5. The van der Waals surface area contributed by atoms with E-state index in [-0.39, 0.29) is 5.69 Å². The second kappa shape index (κ2) is 6.93. The van der Waals surface area contributed by atoms with Crippen molar-refractivity contribution in [2.75, 3.05) is 26.9 Å². The molecule has 0 aliphatic heterocycles. The van der Waals surface area contributed by atoms with Crippen LogP contribution in [0.5, 0.6) is 0 Å². The van der Waals surface area contributed by atoms with Crippen LogP contribution in [0.4, 0.5) is 0 Å². The van der Waals surface area contributed by atoms with Crippen LogP contribution < -0.4 is 0 Å². The summed E-state index contributed by atoms with van der Waals surface area (Å²) >= 11 is 0. The first kappa shape index (κ1) is 13.5. The molecule has 0 bridgehead atoms. The summed E-state index contributed by atoms with van der Waals surface area (Å²) in [7, 11) is 1.60. The van der Waals surface area contributed by atoms with E-state index in [0.29, 0.717) is 37.8 Å². The number of ether oxygens (including phenoxy) is 2. The number of rotatable bonds is 7. The predicted octanol–water partition coefficient (Wildman–Crippen LogP) is 0.689. The van der Waals surface area contributed by atoms with E-state index in [4.69, 9.17) is 14.6 Å². The molecule has 0 atom stereocenters. The molecule has 1 aromatic rings. The number of carboxylic acid groups (broad SMARTS) is 1. The van der Waals surface area contributed by atoms with Gasteiger partial charge < -0.3 is 14.6 Å². The van der Waals surface area contributed by atoms with Crippen molar-refractivity contribution in [2.45, 2.75) is 13.3 Å². The van der Waals surface area contributed by atoms with Crippen molar-refractivity contribution in [3.8, 4) is 0 Å². The molecule has 1 aromatic heterocycles. The number of carboxylic acids is 1. The molecule has 0 fully saturated rings. The molecule has 6 heteroatoms. The second-order valence-corrected chi connectivity index (χ2v) is 3.47. The molecule has 94 valence electrons. The summed E-state index contributed by atoms with van der Waals surface area (Å²) < 4.78 is 10.1. The molecule has 0 amide bonds. The fourth-order valence-corrected chi connectivity index (χ4v) is 1.26. The maximum absolute atomic E-state index is 10.8. The zero-order valence-corrected chi connectivity index (χ0v) is 9.97. The van der Waals surface area contributed by atoms with E-state index in [9.17, 15) is 4.79 Å². The van der Waals surface area contributed by atoms with Gasteiger partial charge in [-0.3, -0.25) is 0 Å². The highest BCUT2D eigenvalue weighted by Gasteiger charge is 2.08. The number of nitrogens with zero attached hydrogens (tertiary/aromatic N) is 2. The first-order valence-corrected chi connectivity index (χ1v) is 5.28. The van der Waals surface area contributed by atoms with Crippen molar-refractivity contribution in [3.05, 3.63) is 23.3 Å². The summed E-state index contributed by atoms with van der Waals surface area (Å²) in [4.78, 5) is 18.9. The number of hydrogen-bond donors (Lipinski definition) is 1. The summed E-state index contributed by atoms with van der Waals surface area (Å²) in [6.07, 6.45) is 0.492. The van der Waals surface area contributed by atoms with E-state index in [1.165, 1.54) is 6.07 Å². The Morgan fingerprint density at radius 2 is 2.12 bits per heavy atom. The Labute approximate surface area is 99.6 Å². The van der Waals surface area contributed by atoms with Gasteiger partial charge in [0.1, 0.15) is 5.82 Å². The molecule has 1 rings (SSSR count). The fraction of sp³-hybridized carbons (Fsp3) is 0.545. The van der Waals surface area contributed by atoms with Crippen molar-refractivity contribution in [1.29, 1.82) is 0 Å². The SMILES string of the molecule is COCCOCCc1nc(C)cc(C(=O)O)n1. The summed E-state index contributed by atoms with van der Waals surface area (Å²) in [5.74, 6) is -0.558. The molecule has 0 aromatic carbocycles. The predicted molar refractivity (Wildman–Crippen MR) is 60.1 cm³/mol. The Balaban J connectivity index is 2.50. The Morgan fingerprint density at radius 3 is 2.76 bits per heavy atom. The molecule has 1 heterocycles. The topological polar surface area (TPSA) is 81.5 Å². The molecular weight excluding hydrogens is 224 g/mol. The van der Waals surface area contributed by atoms with Crippen LogP contribution in [0.15, 0.2) is 6.07 Å². The molecule has 17 heavy (non-hydrogen) atoms. The molecule has 0 saturated heterocycles. The number of aryl methyl sites for hydroxylation is 1. The molecule has 0 aliphatic carbocycles. The molecule has 0 saturated carbocycles. The summed E-state index contributed by atoms with van der Waals surface area (Å²) in [6, 6.07) is 1.44. The van der Waals surface area contributed by atoms with Crippen LogP contribution in [0.25, 0.3) is 0 Å². The van der Waals surface area contributed by atoms with Gasteiger partial charge in [0.2, 0.25) is 0 Å². The highest BCUT2D eigenvalue weighted by atomic mass is 16.5. The van der Waals surface area contributed by atoms with E-state index in [2.05, 4.69) is 9.97 Å². The molecule has 0 radical (unpaired) electrons. The van der Waals surface area contributed by atoms with Gasteiger partial charge in [-0.15, -0.1) is 0 Å². The third kappa shape index (κ3) is 4.88. The second-order valence-electron chi connectivity index (χ2n) is 3.47. The van der Waals surface area contributed by atoms with Crippen molar-refractivity contribution in [1.82, 2.24) is 9.97 Å². The number of carbonyl (C=O) groups is 1. The monoisotopic (exact) mass is 240 g/mol. The van der Waals surface area contributed by atoms with Gasteiger partial charge in [0, 0.05) is 19.2 Å². The molecule has 0 aliphatic rings. The Morgan fingerprint density at radius 1 is 1.35 bits per heavy atom. The third-order valence-corrected chi connectivity index (χ3v) is 2.02. The standard InChI is InChI=1S/C11H16N2O4/c1-8-7-9(11(14)15)13-10(12-8)3-4-17-6-5-16-2/h7H,3-6H2,1-2H3,(H,14,15). The smallest absolute Gasteiger partial charge is 0.354 e. The largest absolute Gasteiger partial charge is 0.477 e. The van der Waals surface area contributed by atoms with Crippen LogP contribution in [-0.2, 0) is 15.9 Å². The molecule has 1 N–H and O–H groups in total. The van der Waals surface area contributed by atoms with Crippen molar-refractivity contribution in [2.24, 2.45) is 0 Å². The lowest BCUT2D eigenvalue weighted by atomic mass is 10.3. The lowest BCUT2D eigenvalue weighted by molar-refractivity contribution is 0.0684. The van der Waals surface area contributed by atoms with Gasteiger partial charge in [-0.05, 0) is 13.0 Å². The first-order chi connectivity index (χ1) is 8.13. The van der Waals surface area contributed by atoms with Crippen LogP contribution in [0.2, 0.25) is 0 Å². The molecule has 0 spiro atoms. The fourth-order valence-electron chi connectivity index (χ4n) is 1.26. The van der Waals surface area contributed by atoms with Crippen LogP contribution >= 0.6 is 0 Å². The maximum Gasteiger partial charge on any atom is 0.354 e. The molecular formula is C11H16N2O4. The Kier molecular flexibility index (Phi) is 5.51. The minimum absolute atomic E-state index is 0.0180. The van der Waals surface area contributed by atoms with E-state index in [1.807, 2.05) is 0 Å². The summed E-state index contributed by atoms with van der Waals surface area (Å²) in [5.41, 5.74) is 0.661. The zero-order chi connectivity index (χ0) is 12.7. The van der Waals surface area contributed by atoms with Crippen molar-refractivity contribution in [3.63, 3.8) is 0 Å². The van der Waals surface area contributed by atoms with Crippen molar-refractivity contribution < 1.29 is 19.4 Å².